The molecule has 1 N–H and O–H groups in total. The summed E-state index contributed by atoms with van der Waals surface area (Å²) in [5.41, 5.74) is 2.99. The van der Waals surface area contributed by atoms with Crippen molar-refractivity contribution in [3.05, 3.63) is 60.2 Å². The first-order chi connectivity index (χ1) is 8.92. The van der Waals surface area contributed by atoms with Gasteiger partial charge >= 0.3 is 0 Å². The van der Waals surface area contributed by atoms with E-state index in [1.54, 1.807) is 17.5 Å². The highest BCUT2D eigenvalue weighted by atomic mass is 32.1. The first-order valence-corrected chi connectivity index (χ1v) is 6.39. The van der Waals surface area contributed by atoms with E-state index in [4.69, 9.17) is 0 Å². The van der Waals surface area contributed by atoms with Crippen molar-refractivity contribution in [2.45, 2.75) is 0 Å². The van der Waals surface area contributed by atoms with E-state index >= 15 is 0 Å². The molecule has 18 heavy (non-hydrogen) atoms. The van der Waals surface area contributed by atoms with Crippen LogP contribution in [0.2, 0.25) is 0 Å². The van der Waals surface area contributed by atoms with E-state index in [0.717, 1.165) is 22.1 Å². The van der Waals surface area contributed by atoms with Gasteiger partial charge in [-0.05, 0) is 30.3 Å². The van der Waals surface area contributed by atoms with Crippen LogP contribution in [0.25, 0.3) is 11.3 Å². The molecule has 0 bridgehead atoms. The third-order valence-electron chi connectivity index (χ3n) is 2.43. The Bertz CT molecular complexity index is 620. The fourth-order valence-electron chi connectivity index (χ4n) is 1.57. The first-order valence-electron chi connectivity index (χ1n) is 5.51. The van der Waals surface area contributed by atoms with E-state index < -0.39 is 0 Å². The van der Waals surface area contributed by atoms with Crippen molar-refractivity contribution < 1.29 is 0 Å². The van der Waals surface area contributed by atoms with E-state index in [-0.39, 0.29) is 0 Å². The number of hydrogen-bond acceptors (Lipinski definition) is 4. The number of benzene rings is 1. The molecule has 0 aliphatic carbocycles. The Morgan fingerprint density at radius 3 is 2.83 bits per heavy atom. The quantitative estimate of drug-likeness (QED) is 0.771. The number of pyridine rings is 1. The van der Waals surface area contributed by atoms with Gasteiger partial charge in [0.15, 0.2) is 5.13 Å². The highest BCUT2D eigenvalue weighted by Gasteiger charge is 2.04. The molecular weight excluding hydrogens is 242 g/mol. The van der Waals surface area contributed by atoms with Gasteiger partial charge in [-0.3, -0.25) is 4.98 Å². The fraction of sp³-hybridized carbons (Fsp3) is 0. The Labute approximate surface area is 109 Å². The molecule has 3 rings (SSSR count). The van der Waals surface area contributed by atoms with Crippen molar-refractivity contribution >= 4 is 22.2 Å². The summed E-state index contributed by atoms with van der Waals surface area (Å²) < 4.78 is 0. The van der Waals surface area contributed by atoms with Crippen LogP contribution in [0.1, 0.15) is 0 Å². The summed E-state index contributed by atoms with van der Waals surface area (Å²) in [6.07, 6.45) is 3.58. The van der Waals surface area contributed by atoms with Gasteiger partial charge in [-0.25, -0.2) is 4.98 Å². The molecule has 0 atom stereocenters. The maximum Gasteiger partial charge on any atom is 0.187 e. The van der Waals surface area contributed by atoms with Crippen molar-refractivity contribution in [3.63, 3.8) is 0 Å². The highest BCUT2D eigenvalue weighted by Crippen LogP contribution is 2.26. The Morgan fingerprint density at radius 1 is 1.17 bits per heavy atom. The van der Waals surface area contributed by atoms with E-state index in [9.17, 15) is 0 Å². The fourth-order valence-corrected chi connectivity index (χ4v) is 2.31. The summed E-state index contributed by atoms with van der Waals surface area (Å²) in [5, 5.41) is 6.16. The smallest absolute Gasteiger partial charge is 0.187 e. The number of rotatable bonds is 3. The zero-order valence-corrected chi connectivity index (χ0v) is 10.3. The minimum atomic E-state index is 0.875. The van der Waals surface area contributed by atoms with Crippen molar-refractivity contribution in [3.8, 4) is 11.3 Å². The third kappa shape index (κ3) is 2.38. The van der Waals surface area contributed by atoms with Crippen molar-refractivity contribution in [1.82, 2.24) is 9.97 Å². The van der Waals surface area contributed by atoms with Crippen LogP contribution < -0.4 is 5.32 Å². The second-order valence-corrected chi connectivity index (χ2v) is 4.55. The Kier molecular flexibility index (Phi) is 3.02. The third-order valence-corrected chi connectivity index (χ3v) is 3.19. The van der Waals surface area contributed by atoms with Crippen LogP contribution in [0.3, 0.4) is 0 Å². The second kappa shape index (κ2) is 4.98. The summed E-state index contributed by atoms with van der Waals surface area (Å²) in [7, 11) is 0. The molecule has 0 unspecified atom stereocenters. The summed E-state index contributed by atoms with van der Waals surface area (Å²) in [4.78, 5) is 8.63. The number of thiazole rings is 1. The summed E-state index contributed by atoms with van der Waals surface area (Å²) >= 11 is 1.58. The van der Waals surface area contributed by atoms with Crippen LogP contribution >= 0.6 is 11.3 Å². The molecule has 4 heteroatoms. The molecule has 0 spiro atoms. The molecule has 0 aliphatic heterocycles. The maximum absolute atomic E-state index is 4.53. The van der Waals surface area contributed by atoms with Crippen LogP contribution in [0.4, 0.5) is 10.8 Å². The molecule has 3 nitrogen and oxygen atoms in total. The molecule has 2 heterocycles. The maximum atomic E-state index is 4.53. The molecular formula is C14H10N3S. The van der Waals surface area contributed by atoms with E-state index in [1.807, 2.05) is 48.0 Å². The zero-order chi connectivity index (χ0) is 12.2. The monoisotopic (exact) mass is 252 g/mol. The van der Waals surface area contributed by atoms with Gasteiger partial charge in [0.1, 0.15) is 0 Å². The normalized spacial score (nSPS) is 10.2. The predicted molar refractivity (Wildman–Crippen MR) is 73.9 cm³/mol. The SMILES string of the molecule is [c]1ccc(Nc2nc(-c3cccnc3)cs2)cc1. The number of hydrogen-bond donors (Lipinski definition) is 1. The van der Waals surface area contributed by atoms with Crippen LogP contribution in [-0.4, -0.2) is 9.97 Å². The van der Waals surface area contributed by atoms with Gasteiger partial charge in [0.05, 0.1) is 5.69 Å². The summed E-state index contributed by atoms with van der Waals surface area (Å²) in [5.74, 6) is 0. The lowest BCUT2D eigenvalue weighted by molar-refractivity contribution is 1.30. The van der Waals surface area contributed by atoms with E-state index in [1.165, 1.54) is 0 Å². The zero-order valence-electron chi connectivity index (χ0n) is 9.50. The Morgan fingerprint density at radius 2 is 2.06 bits per heavy atom. The molecule has 0 amide bonds. The molecule has 0 saturated carbocycles. The Balaban J connectivity index is 1.82. The lowest BCUT2D eigenvalue weighted by atomic mass is 10.2. The highest BCUT2D eigenvalue weighted by molar-refractivity contribution is 7.14. The minimum absolute atomic E-state index is 0.875. The summed E-state index contributed by atoms with van der Waals surface area (Å²) in [6.45, 7) is 0. The van der Waals surface area contributed by atoms with Gasteiger partial charge in [0.2, 0.25) is 0 Å². The van der Waals surface area contributed by atoms with Crippen LogP contribution in [0.15, 0.2) is 54.2 Å². The number of anilines is 2. The van der Waals surface area contributed by atoms with Crippen LogP contribution in [0.5, 0.6) is 0 Å². The standard InChI is InChI=1S/C14H10N3S/c1-2-6-12(7-3-1)16-14-17-13(10-18-14)11-5-4-8-15-9-11/h2-10H,(H,16,17). The largest absolute Gasteiger partial charge is 0.332 e. The van der Waals surface area contributed by atoms with Gasteiger partial charge in [0.25, 0.3) is 0 Å². The van der Waals surface area contributed by atoms with Gasteiger partial charge in [-0.15, -0.1) is 11.3 Å². The molecule has 2 aromatic heterocycles. The van der Waals surface area contributed by atoms with E-state index in [2.05, 4.69) is 21.4 Å². The van der Waals surface area contributed by atoms with Crippen molar-refractivity contribution in [2.24, 2.45) is 0 Å². The number of aromatic nitrogens is 2. The van der Waals surface area contributed by atoms with Crippen LogP contribution in [0, 0.1) is 6.07 Å². The molecule has 0 saturated heterocycles. The molecule has 0 fully saturated rings. The molecule has 1 aromatic carbocycles. The number of nitrogens with one attached hydrogen (secondary N) is 1. The minimum Gasteiger partial charge on any atom is -0.332 e. The lowest BCUT2D eigenvalue weighted by Gasteiger charge is -2.00. The van der Waals surface area contributed by atoms with Crippen LogP contribution in [-0.2, 0) is 0 Å². The lowest BCUT2D eigenvalue weighted by Crippen LogP contribution is -1.88. The molecule has 3 aromatic rings. The average Bonchev–Trinajstić information content (AvgIpc) is 2.89. The average molecular weight is 252 g/mol. The van der Waals surface area contributed by atoms with Gasteiger partial charge < -0.3 is 5.32 Å². The van der Waals surface area contributed by atoms with Gasteiger partial charge in [-0.2, -0.15) is 0 Å². The van der Waals surface area contributed by atoms with E-state index in [0.29, 0.717) is 0 Å². The van der Waals surface area contributed by atoms with Gasteiger partial charge in [-0.1, -0.05) is 12.1 Å². The van der Waals surface area contributed by atoms with Crippen molar-refractivity contribution in [2.75, 3.05) is 5.32 Å². The Hall–Kier alpha value is -2.20. The molecule has 0 aliphatic rings. The van der Waals surface area contributed by atoms with Crippen molar-refractivity contribution in [1.29, 1.82) is 0 Å². The van der Waals surface area contributed by atoms with Gasteiger partial charge in [0, 0.05) is 29.0 Å². The first kappa shape index (κ1) is 10.9. The second-order valence-electron chi connectivity index (χ2n) is 3.69. The topological polar surface area (TPSA) is 37.8 Å². The number of nitrogens with zero attached hydrogens (tertiary/aromatic N) is 2. The molecule has 1 radical (unpaired) electrons. The predicted octanol–water partition coefficient (Wildman–Crippen LogP) is 3.75. The molecule has 87 valence electrons. The summed E-state index contributed by atoms with van der Waals surface area (Å²) in [6, 6.07) is 14.6.